The van der Waals surface area contributed by atoms with Crippen molar-refractivity contribution in [1.82, 2.24) is 14.8 Å². The zero-order valence-corrected chi connectivity index (χ0v) is 15.6. The SMILES string of the molecule is CSc1ccc(CSc2nncn2-c2cccc(NC(C)=O)c2)cc1. The van der Waals surface area contributed by atoms with Crippen LogP contribution in [0.3, 0.4) is 0 Å². The summed E-state index contributed by atoms with van der Waals surface area (Å²) in [6.07, 6.45) is 3.76. The van der Waals surface area contributed by atoms with Gasteiger partial charge >= 0.3 is 0 Å². The molecule has 0 saturated carbocycles. The predicted molar refractivity (Wildman–Crippen MR) is 103 cm³/mol. The molecule has 5 nitrogen and oxygen atoms in total. The fourth-order valence-electron chi connectivity index (χ4n) is 2.31. The molecule has 3 aromatic rings. The average molecular weight is 371 g/mol. The zero-order chi connectivity index (χ0) is 17.6. The predicted octanol–water partition coefficient (Wildman–Crippen LogP) is 4.24. The number of amides is 1. The Hall–Kier alpha value is -2.25. The Morgan fingerprint density at radius 2 is 2.00 bits per heavy atom. The van der Waals surface area contributed by atoms with Crippen LogP contribution in [0.4, 0.5) is 5.69 Å². The van der Waals surface area contributed by atoms with Gasteiger partial charge in [-0.25, -0.2) is 0 Å². The molecule has 0 spiro atoms. The van der Waals surface area contributed by atoms with Crippen molar-refractivity contribution >= 4 is 35.1 Å². The fourth-order valence-corrected chi connectivity index (χ4v) is 3.60. The molecule has 0 atom stereocenters. The summed E-state index contributed by atoms with van der Waals surface area (Å²) >= 11 is 3.37. The van der Waals surface area contributed by atoms with Crippen molar-refractivity contribution in [2.45, 2.75) is 22.7 Å². The van der Waals surface area contributed by atoms with E-state index >= 15 is 0 Å². The molecule has 0 unspecified atom stereocenters. The maximum Gasteiger partial charge on any atom is 0.221 e. The number of carbonyl (C=O) groups is 1. The summed E-state index contributed by atoms with van der Waals surface area (Å²) in [5.74, 6) is 0.725. The Morgan fingerprint density at radius 3 is 2.72 bits per heavy atom. The average Bonchev–Trinajstić information content (AvgIpc) is 3.08. The Bertz CT molecular complexity index is 862. The summed E-state index contributed by atoms with van der Waals surface area (Å²) in [5, 5.41) is 11.9. The van der Waals surface area contributed by atoms with E-state index in [1.54, 1.807) is 29.9 Å². The second-order valence-corrected chi connectivity index (χ2v) is 7.17. The van der Waals surface area contributed by atoms with E-state index in [4.69, 9.17) is 0 Å². The number of nitrogens with one attached hydrogen (secondary N) is 1. The molecule has 0 aliphatic heterocycles. The number of nitrogens with zero attached hydrogens (tertiary/aromatic N) is 3. The molecule has 0 bridgehead atoms. The van der Waals surface area contributed by atoms with Crippen LogP contribution >= 0.6 is 23.5 Å². The Kier molecular flexibility index (Phi) is 5.78. The molecular weight excluding hydrogens is 352 g/mol. The molecule has 1 aromatic heterocycles. The lowest BCUT2D eigenvalue weighted by Crippen LogP contribution is -2.06. The Morgan fingerprint density at radius 1 is 1.20 bits per heavy atom. The topological polar surface area (TPSA) is 59.8 Å². The van der Waals surface area contributed by atoms with Gasteiger partial charge in [0.15, 0.2) is 5.16 Å². The number of hydrogen-bond acceptors (Lipinski definition) is 5. The Balaban J connectivity index is 1.75. The van der Waals surface area contributed by atoms with Crippen LogP contribution in [0, 0.1) is 0 Å². The summed E-state index contributed by atoms with van der Waals surface area (Å²) in [4.78, 5) is 12.5. The summed E-state index contributed by atoms with van der Waals surface area (Å²) in [5.41, 5.74) is 2.91. The maximum absolute atomic E-state index is 11.2. The van der Waals surface area contributed by atoms with Gasteiger partial charge in [0.2, 0.25) is 5.91 Å². The van der Waals surface area contributed by atoms with Gasteiger partial charge in [-0.3, -0.25) is 9.36 Å². The molecule has 0 radical (unpaired) electrons. The standard InChI is InChI=1S/C18H18N4OS2/c1-13(23)20-15-4-3-5-16(10-15)22-12-19-21-18(22)25-11-14-6-8-17(24-2)9-7-14/h3-10,12H,11H2,1-2H3,(H,20,23). The van der Waals surface area contributed by atoms with Crippen LogP contribution < -0.4 is 5.32 Å². The van der Waals surface area contributed by atoms with Gasteiger partial charge in [0, 0.05) is 23.3 Å². The molecule has 0 aliphatic rings. The second-order valence-electron chi connectivity index (χ2n) is 5.35. The van der Waals surface area contributed by atoms with Crippen molar-refractivity contribution in [2.75, 3.05) is 11.6 Å². The molecule has 0 fully saturated rings. The highest BCUT2D eigenvalue weighted by molar-refractivity contribution is 7.98. The quantitative estimate of drug-likeness (QED) is 0.658. The summed E-state index contributed by atoms with van der Waals surface area (Å²) in [6.45, 7) is 1.50. The monoisotopic (exact) mass is 370 g/mol. The molecule has 2 aromatic carbocycles. The molecule has 0 saturated heterocycles. The van der Waals surface area contributed by atoms with Gasteiger partial charge < -0.3 is 5.32 Å². The first-order valence-corrected chi connectivity index (χ1v) is 9.90. The number of anilines is 1. The third-order valence-corrected chi connectivity index (χ3v) is 5.25. The van der Waals surface area contributed by atoms with Gasteiger partial charge in [-0.15, -0.1) is 22.0 Å². The lowest BCUT2D eigenvalue weighted by molar-refractivity contribution is -0.114. The van der Waals surface area contributed by atoms with E-state index < -0.39 is 0 Å². The van der Waals surface area contributed by atoms with E-state index in [0.717, 1.165) is 22.3 Å². The van der Waals surface area contributed by atoms with Crippen LogP contribution in [0.1, 0.15) is 12.5 Å². The van der Waals surface area contributed by atoms with Gasteiger partial charge in [0.25, 0.3) is 0 Å². The molecule has 25 heavy (non-hydrogen) atoms. The first-order chi connectivity index (χ1) is 12.2. The van der Waals surface area contributed by atoms with E-state index in [1.807, 2.05) is 28.8 Å². The minimum absolute atomic E-state index is 0.0933. The molecule has 7 heteroatoms. The first kappa shape index (κ1) is 17.6. The van der Waals surface area contributed by atoms with E-state index in [2.05, 4.69) is 46.0 Å². The van der Waals surface area contributed by atoms with Crippen LogP contribution in [0.25, 0.3) is 5.69 Å². The van der Waals surface area contributed by atoms with Crippen LogP contribution in [-0.2, 0) is 10.5 Å². The smallest absolute Gasteiger partial charge is 0.221 e. The first-order valence-electron chi connectivity index (χ1n) is 7.69. The van der Waals surface area contributed by atoms with Gasteiger partial charge in [-0.05, 0) is 42.2 Å². The summed E-state index contributed by atoms with van der Waals surface area (Å²) in [6, 6.07) is 16.2. The number of rotatable bonds is 6. The van der Waals surface area contributed by atoms with E-state index in [9.17, 15) is 4.79 Å². The molecule has 0 aliphatic carbocycles. The lowest BCUT2D eigenvalue weighted by atomic mass is 10.2. The number of thioether (sulfide) groups is 2. The summed E-state index contributed by atoms with van der Waals surface area (Å²) in [7, 11) is 0. The van der Waals surface area contributed by atoms with Crippen molar-refractivity contribution in [1.29, 1.82) is 0 Å². The number of aromatic nitrogens is 3. The van der Waals surface area contributed by atoms with Crippen molar-refractivity contribution in [3.05, 3.63) is 60.4 Å². The van der Waals surface area contributed by atoms with Crippen LogP contribution in [0.15, 0.2) is 64.9 Å². The highest BCUT2D eigenvalue weighted by Gasteiger charge is 2.08. The third kappa shape index (κ3) is 4.64. The minimum Gasteiger partial charge on any atom is -0.326 e. The van der Waals surface area contributed by atoms with Gasteiger partial charge in [-0.2, -0.15) is 0 Å². The highest BCUT2D eigenvalue weighted by Crippen LogP contribution is 2.25. The van der Waals surface area contributed by atoms with Crippen LogP contribution in [0.2, 0.25) is 0 Å². The molecule has 128 valence electrons. The van der Waals surface area contributed by atoms with Crippen molar-refractivity contribution in [2.24, 2.45) is 0 Å². The van der Waals surface area contributed by atoms with Crippen LogP contribution in [0.5, 0.6) is 0 Å². The maximum atomic E-state index is 11.2. The van der Waals surface area contributed by atoms with E-state index in [1.165, 1.54) is 17.4 Å². The van der Waals surface area contributed by atoms with E-state index in [-0.39, 0.29) is 5.91 Å². The number of benzene rings is 2. The molecule has 1 N–H and O–H groups in total. The van der Waals surface area contributed by atoms with Crippen molar-refractivity contribution < 1.29 is 4.79 Å². The molecule has 3 rings (SSSR count). The molecule has 1 amide bonds. The van der Waals surface area contributed by atoms with Gasteiger partial charge in [-0.1, -0.05) is 30.0 Å². The third-order valence-electron chi connectivity index (χ3n) is 3.49. The fraction of sp³-hybridized carbons (Fsp3) is 0.167. The number of hydrogen-bond donors (Lipinski definition) is 1. The zero-order valence-electron chi connectivity index (χ0n) is 14.0. The van der Waals surface area contributed by atoms with Gasteiger partial charge in [0.05, 0.1) is 5.69 Å². The largest absolute Gasteiger partial charge is 0.326 e. The normalized spacial score (nSPS) is 10.6. The highest BCUT2D eigenvalue weighted by atomic mass is 32.2. The van der Waals surface area contributed by atoms with E-state index in [0.29, 0.717) is 0 Å². The lowest BCUT2D eigenvalue weighted by Gasteiger charge is -2.09. The number of carbonyl (C=O) groups excluding carboxylic acids is 1. The minimum atomic E-state index is -0.0933. The summed E-state index contributed by atoms with van der Waals surface area (Å²) < 4.78 is 1.92. The van der Waals surface area contributed by atoms with Crippen LogP contribution in [-0.4, -0.2) is 26.9 Å². The molecule has 1 heterocycles. The van der Waals surface area contributed by atoms with Crippen molar-refractivity contribution in [3.8, 4) is 5.69 Å². The molecular formula is C18H18N4OS2. The second kappa shape index (κ2) is 8.22. The van der Waals surface area contributed by atoms with Gasteiger partial charge in [0.1, 0.15) is 6.33 Å². The van der Waals surface area contributed by atoms with Crippen molar-refractivity contribution in [3.63, 3.8) is 0 Å². The Labute approximate surface area is 155 Å².